The van der Waals surface area contributed by atoms with E-state index in [9.17, 15) is 9.59 Å². The molecule has 0 radical (unpaired) electrons. The molecule has 1 aromatic rings. The third kappa shape index (κ3) is 5.33. The molecule has 0 atom stereocenters. The highest BCUT2D eigenvalue weighted by Crippen LogP contribution is 2.40. The largest absolute Gasteiger partial charge is 0.455 e. The Morgan fingerprint density at radius 3 is 2.38 bits per heavy atom. The van der Waals surface area contributed by atoms with Crippen LogP contribution in [-0.2, 0) is 14.3 Å². The van der Waals surface area contributed by atoms with Crippen molar-refractivity contribution in [3.8, 4) is 0 Å². The van der Waals surface area contributed by atoms with Crippen LogP contribution in [0.5, 0.6) is 0 Å². The van der Waals surface area contributed by atoms with E-state index in [0.29, 0.717) is 11.6 Å². The van der Waals surface area contributed by atoms with Crippen LogP contribution in [0.4, 0.5) is 5.69 Å². The molecule has 1 N–H and O–H groups in total. The molecule has 0 unspecified atom stereocenters. The lowest BCUT2D eigenvalue weighted by molar-refractivity contribution is -0.153. The van der Waals surface area contributed by atoms with E-state index in [1.807, 2.05) is 18.2 Å². The number of para-hydroxylation sites is 1. The van der Waals surface area contributed by atoms with Crippen LogP contribution in [0.25, 0.3) is 0 Å². The predicted molar refractivity (Wildman–Crippen MR) is 98.6 cm³/mol. The summed E-state index contributed by atoms with van der Waals surface area (Å²) >= 11 is 3.37. The molecule has 4 nitrogen and oxygen atoms in total. The van der Waals surface area contributed by atoms with Gasteiger partial charge in [0.1, 0.15) is 0 Å². The second kappa shape index (κ2) is 8.15. The van der Waals surface area contributed by atoms with Gasteiger partial charge in [-0.1, -0.05) is 32.9 Å². The van der Waals surface area contributed by atoms with Crippen molar-refractivity contribution in [3.63, 3.8) is 0 Å². The lowest BCUT2D eigenvalue weighted by Gasteiger charge is -2.36. The summed E-state index contributed by atoms with van der Waals surface area (Å²) in [4.78, 5) is 24.1. The number of carbonyl (C=O) groups is 2. The fourth-order valence-corrected chi connectivity index (χ4v) is 3.58. The van der Waals surface area contributed by atoms with Gasteiger partial charge in [0.15, 0.2) is 6.61 Å². The Kier molecular flexibility index (Phi) is 6.44. The maximum atomic E-state index is 12.2. The van der Waals surface area contributed by atoms with Crippen LogP contribution in [0, 0.1) is 17.3 Å². The number of carbonyl (C=O) groups excluding carboxylic acids is 2. The van der Waals surface area contributed by atoms with E-state index in [2.05, 4.69) is 42.0 Å². The van der Waals surface area contributed by atoms with Gasteiger partial charge in [-0.15, -0.1) is 0 Å². The van der Waals surface area contributed by atoms with Crippen LogP contribution in [0.3, 0.4) is 0 Å². The summed E-state index contributed by atoms with van der Waals surface area (Å²) < 4.78 is 6.01. The smallest absolute Gasteiger partial charge is 0.309 e. The van der Waals surface area contributed by atoms with E-state index in [1.54, 1.807) is 6.07 Å². The van der Waals surface area contributed by atoms with Gasteiger partial charge in [-0.2, -0.15) is 0 Å². The van der Waals surface area contributed by atoms with Gasteiger partial charge in [-0.3, -0.25) is 9.59 Å². The first-order valence-electron chi connectivity index (χ1n) is 8.48. The third-order valence-corrected chi connectivity index (χ3v) is 5.47. The van der Waals surface area contributed by atoms with Gasteiger partial charge >= 0.3 is 5.97 Å². The summed E-state index contributed by atoms with van der Waals surface area (Å²) in [6, 6.07) is 7.33. The van der Waals surface area contributed by atoms with Crippen molar-refractivity contribution in [2.75, 3.05) is 11.9 Å². The van der Waals surface area contributed by atoms with E-state index in [4.69, 9.17) is 4.74 Å². The molecule has 1 aromatic carbocycles. The highest BCUT2D eigenvalue weighted by atomic mass is 79.9. The van der Waals surface area contributed by atoms with Gasteiger partial charge in [0, 0.05) is 4.47 Å². The molecule has 0 aliphatic heterocycles. The van der Waals surface area contributed by atoms with Crippen molar-refractivity contribution in [1.29, 1.82) is 0 Å². The highest BCUT2D eigenvalue weighted by molar-refractivity contribution is 9.10. The van der Waals surface area contributed by atoms with Crippen molar-refractivity contribution in [2.24, 2.45) is 17.3 Å². The number of rotatable bonds is 4. The van der Waals surface area contributed by atoms with Crippen LogP contribution in [0.2, 0.25) is 0 Å². The molecule has 1 aliphatic carbocycles. The van der Waals surface area contributed by atoms with Crippen LogP contribution in [0.15, 0.2) is 28.7 Å². The van der Waals surface area contributed by atoms with E-state index in [1.165, 1.54) is 0 Å². The van der Waals surface area contributed by atoms with Gasteiger partial charge in [-0.05, 0) is 65.1 Å². The third-order valence-electron chi connectivity index (χ3n) is 4.78. The van der Waals surface area contributed by atoms with Crippen molar-refractivity contribution >= 4 is 33.5 Å². The fourth-order valence-electron chi connectivity index (χ4n) is 3.20. The maximum absolute atomic E-state index is 12.2. The van der Waals surface area contributed by atoms with Crippen molar-refractivity contribution < 1.29 is 14.3 Å². The second-order valence-electron chi connectivity index (χ2n) is 7.55. The van der Waals surface area contributed by atoms with Crippen molar-refractivity contribution in [1.82, 2.24) is 0 Å². The lowest BCUT2D eigenvalue weighted by Crippen LogP contribution is -2.31. The number of esters is 1. The molecule has 0 aromatic heterocycles. The summed E-state index contributed by atoms with van der Waals surface area (Å²) in [5, 5.41) is 2.73. The molecule has 24 heavy (non-hydrogen) atoms. The number of nitrogens with one attached hydrogen (secondary N) is 1. The van der Waals surface area contributed by atoms with Crippen LogP contribution in [-0.4, -0.2) is 18.5 Å². The first kappa shape index (κ1) is 19.0. The summed E-state index contributed by atoms with van der Waals surface area (Å²) in [5.74, 6) is 0.0170. The van der Waals surface area contributed by atoms with Gasteiger partial charge in [0.2, 0.25) is 0 Å². The van der Waals surface area contributed by atoms with Crippen molar-refractivity contribution in [2.45, 2.75) is 46.5 Å². The Bertz CT molecular complexity index is 587. The molecule has 0 saturated heterocycles. The number of ether oxygens (including phenoxy) is 1. The Morgan fingerprint density at radius 2 is 1.79 bits per heavy atom. The number of halogens is 1. The average Bonchev–Trinajstić information content (AvgIpc) is 2.54. The fraction of sp³-hybridized carbons (Fsp3) is 0.579. The van der Waals surface area contributed by atoms with E-state index < -0.39 is 0 Å². The molecule has 1 saturated carbocycles. The van der Waals surface area contributed by atoms with Crippen LogP contribution < -0.4 is 5.32 Å². The molecule has 2 rings (SSSR count). The molecule has 5 heteroatoms. The zero-order chi connectivity index (χ0) is 17.7. The summed E-state index contributed by atoms with van der Waals surface area (Å²) in [6.45, 7) is 6.52. The number of amides is 1. The minimum atomic E-state index is -0.321. The number of anilines is 1. The summed E-state index contributed by atoms with van der Waals surface area (Å²) in [5.41, 5.74) is 0.960. The standard InChI is InChI=1S/C19H26BrNO3/c1-19(2,3)14-10-8-13(9-11-14)18(23)24-12-17(22)21-16-7-5-4-6-15(16)20/h4-7,13-14H,8-12H2,1-3H3,(H,21,22). The van der Waals surface area contributed by atoms with E-state index >= 15 is 0 Å². The normalized spacial score (nSPS) is 21.2. The van der Waals surface area contributed by atoms with Gasteiger partial charge in [0.25, 0.3) is 5.91 Å². The Hall–Kier alpha value is -1.36. The zero-order valence-corrected chi connectivity index (χ0v) is 16.2. The molecule has 1 fully saturated rings. The maximum Gasteiger partial charge on any atom is 0.309 e. The SMILES string of the molecule is CC(C)(C)C1CCC(C(=O)OCC(=O)Nc2ccccc2Br)CC1. The van der Waals surface area contributed by atoms with Gasteiger partial charge in [-0.25, -0.2) is 0 Å². The van der Waals surface area contributed by atoms with Gasteiger partial charge < -0.3 is 10.1 Å². The van der Waals surface area contributed by atoms with E-state index in [0.717, 1.165) is 30.2 Å². The molecule has 0 spiro atoms. The van der Waals surface area contributed by atoms with Crippen LogP contribution >= 0.6 is 15.9 Å². The Morgan fingerprint density at radius 1 is 1.17 bits per heavy atom. The Labute approximate surface area is 152 Å². The molecule has 132 valence electrons. The van der Waals surface area contributed by atoms with Crippen LogP contribution in [0.1, 0.15) is 46.5 Å². The topological polar surface area (TPSA) is 55.4 Å². The summed E-state index contributed by atoms with van der Waals surface area (Å²) in [7, 11) is 0. The minimum Gasteiger partial charge on any atom is -0.455 e. The molecular formula is C19H26BrNO3. The second-order valence-corrected chi connectivity index (χ2v) is 8.40. The minimum absolute atomic E-state index is 0.0696. The molecule has 1 aliphatic rings. The first-order valence-corrected chi connectivity index (χ1v) is 9.27. The monoisotopic (exact) mass is 395 g/mol. The Balaban J connectivity index is 1.75. The number of hydrogen-bond donors (Lipinski definition) is 1. The zero-order valence-electron chi connectivity index (χ0n) is 14.6. The average molecular weight is 396 g/mol. The summed E-state index contributed by atoms with van der Waals surface area (Å²) in [6.07, 6.45) is 3.80. The highest BCUT2D eigenvalue weighted by Gasteiger charge is 2.33. The molecule has 0 bridgehead atoms. The molecule has 0 heterocycles. The number of hydrogen-bond acceptors (Lipinski definition) is 3. The predicted octanol–water partition coefficient (Wildman–Crippen LogP) is 4.78. The molecular weight excluding hydrogens is 370 g/mol. The van der Waals surface area contributed by atoms with Gasteiger partial charge in [0.05, 0.1) is 11.6 Å². The lowest BCUT2D eigenvalue weighted by atomic mass is 9.70. The quantitative estimate of drug-likeness (QED) is 0.745. The number of benzene rings is 1. The first-order chi connectivity index (χ1) is 11.3. The molecule has 1 amide bonds. The van der Waals surface area contributed by atoms with E-state index in [-0.39, 0.29) is 29.8 Å². The van der Waals surface area contributed by atoms with Crippen molar-refractivity contribution in [3.05, 3.63) is 28.7 Å².